The van der Waals surface area contributed by atoms with E-state index in [-0.39, 0.29) is 29.9 Å². The molecule has 2 aliphatic heterocycles. The van der Waals surface area contributed by atoms with Crippen molar-refractivity contribution < 1.29 is 4.79 Å². The molecule has 0 aromatic heterocycles. The number of hydrogen-bond donors (Lipinski definition) is 1. The quantitative estimate of drug-likeness (QED) is 0.456. The van der Waals surface area contributed by atoms with Gasteiger partial charge in [0.2, 0.25) is 5.91 Å². The molecule has 1 amide bonds. The molecule has 2 aliphatic rings. The molecular weight excluding hydrogens is 355 g/mol. The highest BCUT2D eigenvalue weighted by atomic mass is 127. The van der Waals surface area contributed by atoms with Crippen LogP contribution in [0.25, 0.3) is 0 Å². The van der Waals surface area contributed by atoms with Crippen LogP contribution in [0.2, 0.25) is 0 Å². The Bertz CT molecular complexity index is 310. The minimum absolute atomic E-state index is 0. The number of amides is 1. The summed E-state index contributed by atoms with van der Waals surface area (Å²) in [7, 11) is 0. The van der Waals surface area contributed by atoms with E-state index < -0.39 is 0 Å². The van der Waals surface area contributed by atoms with E-state index in [9.17, 15) is 4.79 Å². The molecule has 2 saturated heterocycles. The standard InChI is InChI=1S/C13H24N4O.HI/c1-2-14-13(17-9-5-6-10-17)15-11-12(18)16-7-3-4-8-16;/h2-11H2,1H3,(H,14,15);1H. The molecule has 19 heavy (non-hydrogen) atoms. The van der Waals surface area contributed by atoms with E-state index in [0.717, 1.165) is 51.5 Å². The summed E-state index contributed by atoms with van der Waals surface area (Å²) in [6.07, 6.45) is 4.73. The molecule has 0 spiro atoms. The number of halogens is 1. The Morgan fingerprint density at radius 1 is 1.05 bits per heavy atom. The van der Waals surface area contributed by atoms with Gasteiger partial charge in [0.15, 0.2) is 5.96 Å². The van der Waals surface area contributed by atoms with Gasteiger partial charge in [0.25, 0.3) is 0 Å². The lowest BCUT2D eigenvalue weighted by Gasteiger charge is -2.21. The molecule has 2 rings (SSSR count). The van der Waals surface area contributed by atoms with Crippen LogP contribution in [0.3, 0.4) is 0 Å². The molecule has 6 heteroatoms. The first-order chi connectivity index (χ1) is 8.81. The number of rotatable bonds is 3. The van der Waals surface area contributed by atoms with Crippen LogP contribution in [0.15, 0.2) is 4.99 Å². The van der Waals surface area contributed by atoms with Gasteiger partial charge in [-0.25, -0.2) is 4.99 Å². The third-order valence-electron chi connectivity index (χ3n) is 3.56. The van der Waals surface area contributed by atoms with Crippen molar-refractivity contribution in [3.05, 3.63) is 0 Å². The lowest BCUT2D eigenvalue weighted by atomic mass is 10.4. The first-order valence-electron chi connectivity index (χ1n) is 7.12. The van der Waals surface area contributed by atoms with Gasteiger partial charge in [0, 0.05) is 32.7 Å². The van der Waals surface area contributed by atoms with E-state index in [1.165, 1.54) is 12.8 Å². The maximum Gasteiger partial charge on any atom is 0.244 e. The molecule has 0 aromatic carbocycles. The molecule has 0 radical (unpaired) electrons. The van der Waals surface area contributed by atoms with Crippen LogP contribution in [0.5, 0.6) is 0 Å². The second-order valence-corrected chi connectivity index (χ2v) is 4.95. The lowest BCUT2D eigenvalue weighted by Crippen LogP contribution is -2.40. The number of nitrogens with one attached hydrogen (secondary N) is 1. The van der Waals surface area contributed by atoms with Crippen LogP contribution in [0.1, 0.15) is 32.6 Å². The van der Waals surface area contributed by atoms with Crippen LogP contribution in [0.4, 0.5) is 0 Å². The third kappa shape index (κ3) is 4.81. The van der Waals surface area contributed by atoms with Gasteiger partial charge in [0.1, 0.15) is 6.54 Å². The normalized spacial score (nSPS) is 19.5. The van der Waals surface area contributed by atoms with Crippen molar-refractivity contribution in [2.45, 2.75) is 32.6 Å². The Morgan fingerprint density at radius 2 is 1.58 bits per heavy atom. The average molecular weight is 380 g/mol. The largest absolute Gasteiger partial charge is 0.357 e. The molecule has 1 N–H and O–H groups in total. The van der Waals surface area contributed by atoms with E-state index in [0.29, 0.717) is 6.54 Å². The maximum atomic E-state index is 11.9. The highest BCUT2D eigenvalue weighted by Crippen LogP contribution is 2.09. The molecule has 5 nitrogen and oxygen atoms in total. The van der Waals surface area contributed by atoms with Crippen LogP contribution >= 0.6 is 24.0 Å². The molecule has 0 unspecified atom stereocenters. The summed E-state index contributed by atoms with van der Waals surface area (Å²) >= 11 is 0. The monoisotopic (exact) mass is 380 g/mol. The zero-order valence-corrected chi connectivity index (χ0v) is 14.1. The number of carbonyl (C=O) groups is 1. The predicted molar refractivity (Wildman–Crippen MR) is 88.0 cm³/mol. The summed E-state index contributed by atoms with van der Waals surface area (Å²) in [4.78, 5) is 20.6. The molecule has 0 bridgehead atoms. The van der Waals surface area contributed by atoms with Crippen molar-refractivity contribution >= 4 is 35.8 Å². The van der Waals surface area contributed by atoms with E-state index in [4.69, 9.17) is 0 Å². The SMILES string of the molecule is CCNC(=NCC(=O)N1CCCC1)N1CCCC1.I. The smallest absolute Gasteiger partial charge is 0.244 e. The third-order valence-corrected chi connectivity index (χ3v) is 3.56. The zero-order chi connectivity index (χ0) is 12.8. The molecular formula is C13H25IN4O. The fourth-order valence-electron chi connectivity index (χ4n) is 2.56. The summed E-state index contributed by atoms with van der Waals surface area (Å²) in [6.45, 7) is 7.15. The van der Waals surface area contributed by atoms with Crippen molar-refractivity contribution in [3.8, 4) is 0 Å². The number of hydrogen-bond acceptors (Lipinski definition) is 2. The topological polar surface area (TPSA) is 47.9 Å². The molecule has 110 valence electrons. The minimum atomic E-state index is 0. The Balaban J connectivity index is 0.00000180. The predicted octanol–water partition coefficient (Wildman–Crippen LogP) is 1.29. The first-order valence-corrected chi connectivity index (χ1v) is 7.12. The van der Waals surface area contributed by atoms with E-state index in [2.05, 4.69) is 22.1 Å². The van der Waals surface area contributed by atoms with Crippen molar-refractivity contribution in [3.63, 3.8) is 0 Å². The van der Waals surface area contributed by atoms with Crippen LogP contribution in [-0.4, -0.2) is 60.9 Å². The number of guanidine groups is 1. The maximum absolute atomic E-state index is 11.9. The Kier molecular flexibility index (Phi) is 7.48. The second-order valence-electron chi connectivity index (χ2n) is 4.95. The van der Waals surface area contributed by atoms with Gasteiger partial charge in [-0.2, -0.15) is 0 Å². The summed E-state index contributed by atoms with van der Waals surface area (Å²) in [5, 5.41) is 3.28. The Hall–Kier alpha value is -0.530. The fourth-order valence-corrected chi connectivity index (χ4v) is 2.56. The second kappa shape index (κ2) is 8.60. The van der Waals surface area contributed by atoms with E-state index in [1.54, 1.807) is 0 Å². The number of aliphatic imine (C=N–C) groups is 1. The van der Waals surface area contributed by atoms with Gasteiger partial charge < -0.3 is 15.1 Å². The number of likely N-dealkylation sites (tertiary alicyclic amines) is 2. The lowest BCUT2D eigenvalue weighted by molar-refractivity contribution is -0.128. The zero-order valence-electron chi connectivity index (χ0n) is 11.7. The van der Waals surface area contributed by atoms with Crippen LogP contribution in [-0.2, 0) is 4.79 Å². The molecule has 0 aromatic rings. The van der Waals surface area contributed by atoms with Gasteiger partial charge in [-0.15, -0.1) is 24.0 Å². The van der Waals surface area contributed by atoms with Crippen LogP contribution in [0, 0.1) is 0 Å². The van der Waals surface area contributed by atoms with Crippen molar-refractivity contribution in [1.29, 1.82) is 0 Å². The summed E-state index contributed by atoms with van der Waals surface area (Å²) in [5.41, 5.74) is 0. The van der Waals surface area contributed by atoms with Gasteiger partial charge in [-0.1, -0.05) is 0 Å². The first kappa shape index (κ1) is 16.5. The average Bonchev–Trinajstić information content (AvgIpc) is 3.04. The molecule has 0 saturated carbocycles. The number of carbonyl (C=O) groups excluding carboxylic acids is 1. The molecule has 2 fully saturated rings. The molecule has 0 aliphatic carbocycles. The summed E-state index contributed by atoms with van der Waals surface area (Å²) in [6, 6.07) is 0. The highest BCUT2D eigenvalue weighted by molar-refractivity contribution is 14.0. The van der Waals surface area contributed by atoms with E-state index >= 15 is 0 Å². The van der Waals surface area contributed by atoms with E-state index in [1.807, 2.05) is 4.90 Å². The number of nitrogens with zero attached hydrogens (tertiary/aromatic N) is 3. The van der Waals surface area contributed by atoms with Crippen LogP contribution < -0.4 is 5.32 Å². The Labute approximate surface area is 132 Å². The van der Waals surface area contributed by atoms with Crippen molar-refractivity contribution in [2.24, 2.45) is 4.99 Å². The Morgan fingerprint density at radius 3 is 2.11 bits per heavy atom. The van der Waals surface area contributed by atoms with Gasteiger partial charge in [0.05, 0.1) is 0 Å². The molecule has 2 heterocycles. The molecule has 0 atom stereocenters. The van der Waals surface area contributed by atoms with Gasteiger partial charge in [-0.3, -0.25) is 4.79 Å². The van der Waals surface area contributed by atoms with Crippen molar-refractivity contribution in [2.75, 3.05) is 39.3 Å². The summed E-state index contributed by atoms with van der Waals surface area (Å²) < 4.78 is 0. The fraction of sp³-hybridized carbons (Fsp3) is 0.846. The highest BCUT2D eigenvalue weighted by Gasteiger charge is 2.19. The van der Waals surface area contributed by atoms with Gasteiger partial charge >= 0.3 is 0 Å². The van der Waals surface area contributed by atoms with Gasteiger partial charge in [-0.05, 0) is 32.6 Å². The summed E-state index contributed by atoms with van der Waals surface area (Å²) in [5.74, 6) is 1.07. The van der Waals surface area contributed by atoms with Crippen molar-refractivity contribution in [1.82, 2.24) is 15.1 Å². The minimum Gasteiger partial charge on any atom is -0.357 e.